The van der Waals surface area contributed by atoms with Crippen LogP contribution in [0.25, 0.3) is 0 Å². The van der Waals surface area contributed by atoms with Gasteiger partial charge in [-0.15, -0.1) is 0 Å². The molecule has 5 N–H and O–H groups in total. The standard InChI is InChI=1S/C18H28N4O3/c1-12(21-17(24)25-18(2,3)4)11-14(20-5)15(19)16(23)22-13-9-7-6-8-10-13/h6-10,12,20H,11,19H2,1-5H3,(H,21,24)(H,22,23)/b15-14+/t12-/m1/s1. The second-order valence-electron chi connectivity index (χ2n) is 6.71. The molecule has 0 aliphatic heterocycles. The van der Waals surface area contributed by atoms with E-state index in [1.165, 1.54) is 0 Å². The average molecular weight is 348 g/mol. The molecular weight excluding hydrogens is 320 g/mol. The number of amides is 2. The van der Waals surface area contributed by atoms with Crippen LogP contribution in [0.1, 0.15) is 34.1 Å². The number of nitrogens with one attached hydrogen (secondary N) is 3. The number of hydrogen-bond donors (Lipinski definition) is 4. The highest BCUT2D eigenvalue weighted by Crippen LogP contribution is 2.11. The molecule has 1 aromatic rings. The first-order valence-electron chi connectivity index (χ1n) is 8.14. The molecule has 1 aromatic carbocycles. The van der Waals surface area contributed by atoms with Crippen molar-refractivity contribution in [3.05, 3.63) is 41.7 Å². The Kier molecular flexibility index (Phi) is 7.29. The summed E-state index contributed by atoms with van der Waals surface area (Å²) in [5.41, 5.74) is 6.66. The SMILES string of the molecule is CN/C(C[C@@H](C)NC(=O)OC(C)(C)C)=C(/N)C(=O)Nc1ccccc1. The zero-order valence-corrected chi connectivity index (χ0v) is 15.5. The molecule has 0 heterocycles. The van der Waals surface area contributed by atoms with Crippen LogP contribution in [0.3, 0.4) is 0 Å². The number of para-hydroxylation sites is 1. The monoisotopic (exact) mass is 348 g/mol. The Morgan fingerprint density at radius 3 is 2.32 bits per heavy atom. The van der Waals surface area contributed by atoms with Crippen LogP contribution in [0.4, 0.5) is 10.5 Å². The van der Waals surface area contributed by atoms with Gasteiger partial charge in [-0.2, -0.15) is 0 Å². The molecule has 0 aromatic heterocycles. The third-order valence-electron chi connectivity index (χ3n) is 3.18. The van der Waals surface area contributed by atoms with Crippen LogP contribution >= 0.6 is 0 Å². The number of nitrogens with two attached hydrogens (primary N) is 1. The van der Waals surface area contributed by atoms with E-state index < -0.39 is 17.6 Å². The predicted octanol–water partition coefficient (Wildman–Crippen LogP) is 2.32. The van der Waals surface area contributed by atoms with Gasteiger partial charge in [-0.3, -0.25) is 4.79 Å². The summed E-state index contributed by atoms with van der Waals surface area (Å²) in [5.74, 6) is -0.403. The van der Waals surface area contributed by atoms with E-state index in [0.717, 1.165) is 0 Å². The summed E-state index contributed by atoms with van der Waals surface area (Å²) in [6, 6.07) is 8.79. The molecule has 1 atom stereocenters. The molecule has 0 saturated carbocycles. The number of alkyl carbamates (subject to hydrolysis) is 1. The molecule has 138 valence electrons. The molecule has 7 nitrogen and oxygen atoms in total. The van der Waals surface area contributed by atoms with Gasteiger partial charge in [0, 0.05) is 30.9 Å². The van der Waals surface area contributed by atoms with Crippen molar-refractivity contribution in [1.82, 2.24) is 10.6 Å². The maximum atomic E-state index is 12.3. The maximum absolute atomic E-state index is 12.3. The van der Waals surface area contributed by atoms with Gasteiger partial charge >= 0.3 is 6.09 Å². The lowest BCUT2D eigenvalue weighted by Gasteiger charge is -2.22. The van der Waals surface area contributed by atoms with Gasteiger partial charge in [-0.25, -0.2) is 4.79 Å². The molecule has 0 saturated heterocycles. The molecule has 25 heavy (non-hydrogen) atoms. The fourth-order valence-electron chi connectivity index (χ4n) is 2.07. The van der Waals surface area contributed by atoms with Crippen LogP contribution in [-0.2, 0) is 9.53 Å². The molecule has 0 radical (unpaired) electrons. The van der Waals surface area contributed by atoms with Gasteiger partial charge < -0.3 is 26.4 Å². The average Bonchev–Trinajstić information content (AvgIpc) is 2.50. The Morgan fingerprint density at radius 1 is 1.20 bits per heavy atom. The van der Waals surface area contributed by atoms with E-state index in [1.807, 2.05) is 25.1 Å². The minimum Gasteiger partial charge on any atom is -0.444 e. The summed E-state index contributed by atoms with van der Waals surface area (Å²) in [6.07, 6.45) is -0.146. The second-order valence-corrected chi connectivity index (χ2v) is 6.71. The van der Waals surface area contributed by atoms with E-state index in [4.69, 9.17) is 10.5 Å². The molecule has 7 heteroatoms. The number of ether oxygens (including phenoxy) is 1. The molecule has 0 bridgehead atoms. The highest BCUT2D eigenvalue weighted by molar-refractivity contribution is 6.03. The van der Waals surface area contributed by atoms with Crippen molar-refractivity contribution in [2.45, 2.75) is 45.8 Å². The first-order chi connectivity index (χ1) is 11.6. The van der Waals surface area contributed by atoms with Crippen molar-refractivity contribution in [1.29, 1.82) is 0 Å². The van der Waals surface area contributed by atoms with Crippen LogP contribution in [0.2, 0.25) is 0 Å². The molecule has 0 aliphatic carbocycles. The quantitative estimate of drug-likeness (QED) is 0.591. The van der Waals surface area contributed by atoms with Gasteiger partial charge in [0.15, 0.2) is 0 Å². The smallest absolute Gasteiger partial charge is 0.407 e. The minimum absolute atomic E-state index is 0.0733. The summed E-state index contributed by atoms with van der Waals surface area (Å²) in [4.78, 5) is 24.1. The number of hydrogen-bond acceptors (Lipinski definition) is 5. The maximum Gasteiger partial charge on any atom is 0.407 e. The van der Waals surface area contributed by atoms with Crippen molar-refractivity contribution < 1.29 is 14.3 Å². The van der Waals surface area contributed by atoms with Crippen LogP contribution in [-0.4, -0.2) is 30.7 Å². The summed E-state index contributed by atoms with van der Waals surface area (Å²) in [6.45, 7) is 7.19. The largest absolute Gasteiger partial charge is 0.444 e. The lowest BCUT2D eigenvalue weighted by Crippen LogP contribution is -2.39. The summed E-state index contributed by atoms with van der Waals surface area (Å²) >= 11 is 0. The Labute approximate surface area is 149 Å². The highest BCUT2D eigenvalue weighted by atomic mass is 16.6. The lowest BCUT2D eigenvalue weighted by molar-refractivity contribution is -0.113. The van der Waals surface area contributed by atoms with Gasteiger partial charge in [0.05, 0.1) is 0 Å². The van der Waals surface area contributed by atoms with Gasteiger partial charge in [-0.05, 0) is 39.8 Å². The summed E-state index contributed by atoms with van der Waals surface area (Å²) in [7, 11) is 1.68. The van der Waals surface area contributed by atoms with E-state index in [9.17, 15) is 9.59 Å². The zero-order valence-electron chi connectivity index (χ0n) is 15.5. The third-order valence-corrected chi connectivity index (χ3v) is 3.18. The Bertz CT molecular complexity index is 621. The first kappa shape index (κ1) is 20.3. The van der Waals surface area contributed by atoms with E-state index in [-0.39, 0.29) is 11.7 Å². The third kappa shape index (κ3) is 7.60. The molecule has 0 unspecified atom stereocenters. The fourth-order valence-corrected chi connectivity index (χ4v) is 2.07. The molecule has 2 amide bonds. The van der Waals surface area contributed by atoms with Gasteiger partial charge in [-0.1, -0.05) is 18.2 Å². The molecule has 1 rings (SSSR count). The number of anilines is 1. The van der Waals surface area contributed by atoms with Gasteiger partial charge in [0.1, 0.15) is 11.3 Å². The topological polar surface area (TPSA) is 105 Å². The van der Waals surface area contributed by atoms with E-state index >= 15 is 0 Å². The van der Waals surface area contributed by atoms with Crippen LogP contribution < -0.4 is 21.7 Å². The van der Waals surface area contributed by atoms with Crippen molar-refractivity contribution in [3.63, 3.8) is 0 Å². The van der Waals surface area contributed by atoms with Crippen LogP contribution in [0, 0.1) is 0 Å². The predicted molar refractivity (Wildman–Crippen MR) is 98.8 cm³/mol. The molecule has 0 aliphatic rings. The molecule has 0 fully saturated rings. The molecular formula is C18H28N4O3. The first-order valence-corrected chi connectivity index (χ1v) is 8.14. The fraction of sp³-hybridized carbons (Fsp3) is 0.444. The van der Waals surface area contributed by atoms with Gasteiger partial charge in [0.2, 0.25) is 0 Å². The van der Waals surface area contributed by atoms with Crippen molar-refractivity contribution >= 4 is 17.7 Å². The summed E-state index contributed by atoms with van der Waals surface area (Å²) < 4.78 is 5.21. The number of benzene rings is 1. The van der Waals surface area contributed by atoms with E-state index in [2.05, 4.69) is 16.0 Å². The zero-order chi connectivity index (χ0) is 19.0. The Hall–Kier alpha value is -2.70. The van der Waals surface area contributed by atoms with Crippen LogP contribution in [0.5, 0.6) is 0 Å². The van der Waals surface area contributed by atoms with Gasteiger partial charge in [0.25, 0.3) is 5.91 Å². The molecule has 0 spiro atoms. The van der Waals surface area contributed by atoms with E-state index in [1.54, 1.807) is 40.0 Å². The van der Waals surface area contributed by atoms with Crippen molar-refractivity contribution in [3.8, 4) is 0 Å². The number of rotatable bonds is 6. The number of carbonyl (C=O) groups excluding carboxylic acids is 2. The van der Waals surface area contributed by atoms with E-state index in [0.29, 0.717) is 17.8 Å². The highest BCUT2D eigenvalue weighted by Gasteiger charge is 2.19. The summed E-state index contributed by atoms with van der Waals surface area (Å²) in [5, 5.41) is 8.37. The normalized spacial score (nSPS) is 13.3. The minimum atomic E-state index is -0.569. The second kappa shape index (κ2) is 8.96. The van der Waals surface area contributed by atoms with Crippen molar-refractivity contribution in [2.75, 3.05) is 12.4 Å². The lowest BCUT2D eigenvalue weighted by atomic mass is 10.1. The Morgan fingerprint density at radius 2 is 1.80 bits per heavy atom. The van der Waals surface area contributed by atoms with Crippen LogP contribution in [0.15, 0.2) is 41.7 Å². The number of carbonyl (C=O) groups is 2. The van der Waals surface area contributed by atoms with Crippen molar-refractivity contribution in [2.24, 2.45) is 5.73 Å². The Balaban J connectivity index is 2.70.